The second kappa shape index (κ2) is 10.3. The maximum Gasteiger partial charge on any atom is 0.341 e. The number of thioether (sulfide) groups is 1. The number of aromatic nitrogens is 1. The van der Waals surface area contributed by atoms with E-state index in [1.165, 1.54) is 11.3 Å². The van der Waals surface area contributed by atoms with E-state index in [-0.39, 0.29) is 18.6 Å². The van der Waals surface area contributed by atoms with E-state index in [0.29, 0.717) is 28.9 Å². The SMILES string of the molecule is Cc1ccc(OC2=NS(=O)(=O)N(NCCSCc3csc(N=C(N)N)n3)CN2C)cc1. The highest BCUT2D eigenvalue weighted by molar-refractivity contribution is 7.98. The van der Waals surface area contributed by atoms with E-state index in [2.05, 4.69) is 19.8 Å². The molecule has 1 aliphatic rings. The summed E-state index contributed by atoms with van der Waals surface area (Å²) in [5, 5.41) is 2.40. The number of amidine groups is 1. The number of nitrogens with one attached hydrogen (secondary N) is 1. The van der Waals surface area contributed by atoms with Crippen LogP contribution in [0.2, 0.25) is 0 Å². The van der Waals surface area contributed by atoms with Gasteiger partial charge in [0.25, 0.3) is 0 Å². The smallest absolute Gasteiger partial charge is 0.341 e. The van der Waals surface area contributed by atoms with Crippen molar-refractivity contribution >= 4 is 50.4 Å². The minimum Gasteiger partial charge on any atom is -0.425 e. The number of hydrogen-bond acceptors (Lipinski definition) is 9. The lowest BCUT2D eigenvalue weighted by molar-refractivity contribution is 0.219. The molecule has 0 spiro atoms. The number of rotatable bonds is 8. The van der Waals surface area contributed by atoms with Gasteiger partial charge < -0.3 is 21.1 Å². The van der Waals surface area contributed by atoms with E-state index in [1.54, 1.807) is 35.8 Å². The molecule has 0 unspecified atom stereocenters. The average molecular weight is 485 g/mol. The molecule has 0 aliphatic carbocycles. The van der Waals surface area contributed by atoms with Crippen molar-refractivity contribution in [3.63, 3.8) is 0 Å². The number of nitrogens with zero attached hydrogens (tertiary/aromatic N) is 5. The fourth-order valence-corrected chi connectivity index (χ4v) is 5.02. The molecule has 11 nitrogen and oxygen atoms in total. The monoisotopic (exact) mass is 484 g/mol. The number of hydrazine groups is 1. The lowest BCUT2D eigenvalue weighted by atomic mass is 10.2. The van der Waals surface area contributed by atoms with Crippen molar-refractivity contribution < 1.29 is 13.2 Å². The number of aryl methyl sites for hydroxylation is 1. The maximum absolute atomic E-state index is 12.5. The lowest BCUT2D eigenvalue weighted by Gasteiger charge is -2.31. The highest BCUT2D eigenvalue weighted by atomic mass is 32.2. The van der Waals surface area contributed by atoms with Crippen molar-refractivity contribution in [3.05, 3.63) is 40.9 Å². The van der Waals surface area contributed by atoms with Gasteiger partial charge in [-0.05, 0) is 19.1 Å². The lowest BCUT2D eigenvalue weighted by Crippen LogP contribution is -2.54. The normalized spacial score (nSPS) is 16.1. The average Bonchev–Trinajstić information content (AvgIpc) is 3.13. The Hall–Kier alpha value is -2.39. The summed E-state index contributed by atoms with van der Waals surface area (Å²) >= 11 is 2.97. The van der Waals surface area contributed by atoms with Gasteiger partial charge >= 0.3 is 16.2 Å². The summed E-state index contributed by atoms with van der Waals surface area (Å²) in [6, 6.07) is 7.32. The zero-order valence-corrected chi connectivity index (χ0v) is 19.5. The van der Waals surface area contributed by atoms with Crippen molar-refractivity contribution in [1.29, 1.82) is 0 Å². The van der Waals surface area contributed by atoms with Gasteiger partial charge in [0.05, 0.1) is 5.69 Å². The molecule has 1 aliphatic heterocycles. The molecule has 0 radical (unpaired) electrons. The standard InChI is InChI=1S/C17H24N8O3S3/c1-12-3-5-14(6-4-12)28-17-23-31(26,27)25(11-24(17)2)20-7-8-29-9-13-10-30-16(21-13)22-15(18)19/h3-6,10,20H,7-9,11H2,1-2H3,(H4,18,19,21,22). The Balaban J connectivity index is 1.47. The van der Waals surface area contributed by atoms with Gasteiger partial charge in [0.15, 0.2) is 5.96 Å². The topological polar surface area (TPSA) is 152 Å². The van der Waals surface area contributed by atoms with Crippen LogP contribution in [0.15, 0.2) is 39.0 Å². The zero-order chi connectivity index (χ0) is 22.4. The van der Waals surface area contributed by atoms with Gasteiger partial charge in [0, 0.05) is 30.5 Å². The first-order valence-corrected chi connectivity index (χ1v) is 12.6. The zero-order valence-electron chi connectivity index (χ0n) is 17.1. The minimum atomic E-state index is -3.90. The van der Waals surface area contributed by atoms with Gasteiger partial charge in [-0.2, -0.15) is 25.2 Å². The number of hydrogen-bond donors (Lipinski definition) is 3. The number of nitrogens with two attached hydrogens (primary N) is 2. The Bertz CT molecular complexity index is 1050. The van der Waals surface area contributed by atoms with Gasteiger partial charge in [0.1, 0.15) is 12.4 Å². The third kappa shape index (κ3) is 6.80. The molecular formula is C17H24N8O3S3. The number of aliphatic imine (C=N–C) groups is 1. The summed E-state index contributed by atoms with van der Waals surface area (Å²) in [4.78, 5) is 9.82. The highest BCUT2D eigenvalue weighted by Gasteiger charge is 2.31. The Kier molecular flexibility index (Phi) is 7.72. The third-order valence-electron chi connectivity index (χ3n) is 3.92. The van der Waals surface area contributed by atoms with E-state index in [9.17, 15) is 8.42 Å². The molecule has 0 atom stereocenters. The molecule has 0 bridgehead atoms. The molecule has 5 N–H and O–H groups in total. The Labute approximate surface area is 189 Å². The Morgan fingerprint density at radius 1 is 1.35 bits per heavy atom. The second-order valence-electron chi connectivity index (χ2n) is 6.57. The molecule has 1 aromatic carbocycles. The second-order valence-corrected chi connectivity index (χ2v) is 10.0. The molecule has 2 aromatic rings. The maximum atomic E-state index is 12.5. The van der Waals surface area contributed by atoms with Crippen LogP contribution in [0.4, 0.5) is 5.13 Å². The summed E-state index contributed by atoms with van der Waals surface area (Å²) in [7, 11) is -2.19. The molecule has 31 heavy (non-hydrogen) atoms. The van der Waals surface area contributed by atoms with Crippen LogP contribution < -0.4 is 21.6 Å². The molecule has 168 valence electrons. The predicted octanol–water partition coefficient (Wildman–Crippen LogP) is 0.979. The summed E-state index contributed by atoms with van der Waals surface area (Å²) < 4.78 is 35.5. The van der Waals surface area contributed by atoms with E-state index in [0.717, 1.165) is 15.7 Å². The summed E-state index contributed by atoms with van der Waals surface area (Å²) in [5.74, 6) is 1.83. The fraction of sp³-hybridized carbons (Fsp3) is 0.353. The molecule has 1 aromatic heterocycles. The van der Waals surface area contributed by atoms with Crippen LogP contribution in [0.5, 0.6) is 5.75 Å². The summed E-state index contributed by atoms with van der Waals surface area (Å²) in [5.41, 5.74) is 15.5. The van der Waals surface area contributed by atoms with Crippen molar-refractivity contribution in [3.8, 4) is 5.75 Å². The number of guanidine groups is 1. The molecule has 2 heterocycles. The van der Waals surface area contributed by atoms with Crippen LogP contribution in [-0.2, 0) is 16.0 Å². The van der Waals surface area contributed by atoms with E-state index in [4.69, 9.17) is 16.2 Å². The number of benzene rings is 1. The first-order valence-electron chi connectivity index (χ1n) is 9.16. The molecule has 0 amide bonds. The Morgan fingerprint density at radius 3 is 2.81 bits per heavy atom. The first kappa shape index (κ1) is 23.3. The van der Waals surface area contributed by atoms with E-state index < -0.39 is 10.2 Å². The first-order chi connectivity index (χ1) is 14.7. The van der Waals surface area contributed by atoms with E-state index in [1.807, 2.05) is 24.4 Å². The molecule has 0 fully saturated rings. The van der Waals surface area contributed by atoms with Gasteiger partial charge in [0.2, 0.25) is 5.13 Å². The molecule has 3 rings (SSSR count). The summed E-state index contributed by atoms with van der Waals surface area (Å²) in [6.45, 7) is 2.47. The molecule has 0 saturated heterocycles. The molecular weight excluding hydrogens is 460 g/mol. The third-order valence-corrected chi connectivity index (χ3v) is 6.88. The van der Waals surface area contributed by atoms with Crippen molar-refractivity contribution in [2.45, 2.75) is 12.7 Å². The number of thiazole rings is 1. The largest absolute Gasteiger partial charge is 0.425 e. The van der Waals surface area contributed by atoms with Gasteiger partial charge in [-0.25, -0.2) is 10.4 Å². The van der Waals surface area contributed by atoms with Crippen LogP contribution in [0.25, 0.3) is 0 Å². The van der Waals surface area contributed by atoms with Gasteiger partial charge in [-0.15, -0.1) is 11.3 Å². The quantitative estimate of drug-likeness (QED) is 0.283. The van der Waals surface area contributed by atoms with E-state index >= 15 is 0 Å². The van der Waals surface area contributed by atoms with Crippen molar-refractivity contribution in [1.82, 2.24) is 19.7 Å². The highest BCUT2D eigenvalue weighted by Crippen LogP contribution is 2.21. The van der Waals surface area contributed by atoms with Crippen LogP contribution in [0, 0.1) is 6.92 Å². The Morgan fingerprint density at radius 2 is 2.10 bits per heavy atom. The summed E-state index contributed by atoms with van der Waals surface area (Å²) in [6.07, 6.45) is 0. The van der Waals surface area contributed by atoms with Crippen LogP contribution >= 0.6 is 23.1 Å². The number of ether oxygens (including phenoxy) is 1. The van der Waals surface area contributed by atoms with Crippen LogP contribution in [-0.4, -0.2) is 60.7 Å². The van der Waals surface area contributed by atoms with Gasteiger partial charge in [-0.1, -0.05) is 26.5 Å². The van der Waals surface area contributed by atoms with Gasteiger partial charge in [-0.3, -0.25) is 0 Å². The predicted molar refractivity (Wildman–Crippen MR) is 124 cm³/mol. The molecule has 0 saturated carbocycles. The fourth-order valence-electron chi connectivity index (χ4n) is 2.43. The van der Waals surface area contributed by atoms with Crippen LogP contribution in [0.1, 0.15) is 11.3 Å². The van der Waals surface area contributed by atoms with Crippen molar-refractivity contribution in [2.24, 2.45) is 20.9 Å². The minimum absolute atomic E-state index is 0.0244. The molecule has 14 heteroatoms. The van der Waals surface area contributed by atoms with Crippen molar-refractivity contribution in [2.75, 3.05) is 26.0 Å². The van der Waals surface area contributed by atoms with Crippen LogP contribution in [0.3, 0.4) is 0 Å².